The Bertz CT molecular complexity index is 634. The number of hydrogen-bond acceptors (Lipinski definition) is 3. The quantitative estimate of drug-likeness (QED) is 0.659. The molecule has 2 aromatic rings. The molecular weight excluding hydrogens is 344 g/mol. The number of methoxy groups -OCH3 is 1. The molecule has 1 heterocycles. The number of aromatic nitrogens is 1. The van der Waals surface area contributed by atoms with E-state index in [1.54, 1.807) is 13.2 Å². The van der Waals surface area contributed by atoms with Crippen LogP contribution in [0.5, 0.6) is 0 Å². The molecule has 2 rings (SSSR count). The largest absolute Gasteiger partial charge is 0.385 e. The number of nitrogens with zero attached hydrogens (tertiary/aromatic N) is 1. The van der Waals surface area contributed by atoms with Crippen molar-refractivity contribution in [2.75, 3.05) is 20.3 Å². The molecule has 0 saturated carbocycles. The van der Waals surface area contributed by atoms with E-state index < -0.39 is 0 Å². The van der Waals surface area contributed by atoms with Crippen molar-refractivity contribution in [2.24, 2.45) is 0 Å². The average Bonchev–Trinajstić information content (AvgIpc) is 2.43. The zero-order valence-electron chi connectivity index (χ0n) is 11.0. The van der Waals surface area contributed by atoms with Gasteiger partial charge in [0.15, 0.2) is 0 Å². The van der Waals surface area contributed by atoms with E-state index in [0.29, 0.717) is 18.7 Å². The lowest BCUT2D eigenvalue weighted by molar-refractivity contribution is 0.0948. The van der Waals surface area contributed by atoms with Crippen molar-refractivity contribution >= 4 is 44.3 Å². The molecular formula is C14H14BrClN2O2. The van der Waals surface area contributed by atoms with Gasteiger partial charge >= 0.3 is 0 Å². The fourth-order valence-corrected chi connectivity index (χ4v) is 2.41. The highest BCUT2D eigenvalue weighted by atomic mass is 79.9. The van der Waals surface area contributed by atoms with E-state index in [4.69, 9.17) is 16.3 Å². The number of pyridine rings is 1. The monoisotopic (exact) mass is 356 g/mol. The Labute approximate surface area is 130 Å². The number of rotatable bonds is 5. The molecule has 0 saturated heterocycles. The lowest BCUT2D eigenvalue weighted by Gasteiger charge is -2.08. The molecule has 1 aromatic carbocycles. The molecule has 6 heteroatoms. The van der Waals surface area contributed by atoms with Gasteiger partial charge in [-0.05, 0) is 30.7 Å². The molecule has 0 aliphatic carbocycles. The molecule has 0 radical (unpaired) electrons. The van der Waals surface area contributed by atoms with Crippen molar-refractivity contribution < 1.29 is 9.53 Å². The minimum Gasteiger partial charge on any atom is -0.385 e. The Kier molecular flexibility index (Phi) is 5.34. The van der Waals surface area contributed by atoms with Crippen molar-refractivity contribution in [1.29, 1.82) is 0 Å². The highest BCUT2D eigenvalue weighted by Gasteiger charge is 2.12. The van der Waals surface area contributed by atoms with Gasteiger partial charge in [-0.3, -0.25) is 4.79 Å². The third kappa shape index (κ3) is 3.69. The van der Waals surface area contributed by atoms with Crippen LogP contribution < -0.4 is 5.32 Å². The van der Waals surface area contributed by atoms with Crippen molar-refractivity contribution in [3.8, 4) is 0 Å². The molecule has 1 N–H and O–H groups in total. The van der Waals surface area contributed by atoms with Crippen molar-refractivity contribution in [3.63, 3.8) is 0 Å². The van der Waals surface area contributed by atoms with Gasteiger partial charge in [-0.25, -0.2) is 4.98 Å². The van der Waals surface area contributed by atoms with E-state index in [9.17, 15) is 4.79 Å². The molecule has 0 aliphatic heterocycles. The van der Waals surface area contributed by atoms with E-state index >= 15 is 0 Å². The second-order valence-corrected chi connectivity index (χ2v) is 5.54. The van der Waals surface area contributed by atoms with E-state index in [2.05, 4.69) is 26.2 Å². The maximum absolute atomic E-state index is 12.1. The molecule has 0 bridgehead atoms. The molecule has 0 aliphatic rings. The Hall–Kier alpha value is -1.17. The van der Waals surface area contributed by atoms with E-state index in [-0.39, 0.29) is 11.1 Å². The van der Waals surface area contributed by atoms with Crippen molar-refractivity contribution in [1.82, 2.24) is 10.3 Å². The Morgan fingerprint density at radius 2 is 2.25 bits per heavy atom. The van der Waals surface area contributed by atoms with E-state index in [0.717, 1.165) is 21.8 Å². The number of benzene rings is 1. The topological polar surface area (TPSA) is 51.2 Å². The standard InChI is InChI=1S/C14H14BrClN2O2/c1-20-6-2-5-17-14(19)11-8-9-7-10(15)3-4-12(9)18-13(11)16/h3-4,7-8H,2,5-6H2,1H3,(H,17,19). The van der Waals surface area contributed by atoms with Crippen LogP contribution in [0, 0.1) is 0 Å². The van der Waals surface area contributed by atoms with Crippen molar-refractivity contribution in [2.45, 2.75) is 6.42 Å². The third-order valence-electron chi connectivity index (χ3n) is 2.79. The SMILES string of the molecule is COCCCNC(=O)c1cc2cc(Br)ccc2nc1Cl. The number of amides is 1. The highest BCUT2D eigenvalue weighted by Crippen LogP contribution is 2.23. The summed E-state index contributed by atoms with van der Waals surface area (Å²) in [4.78, 5) is 16.3. The first-order chi connectivity index (χ1) is 9.61. The Morgan fingerprint density at radius 3 is 3.00 bits per heavy atom. The van der Waals surface area contributed by atoms with Crippen LogP contribution in [0.4, 0.5) is 0 Å². The molecule has 1 aromatic heterocycles. The fourth-order valence-electron chi connectivity index (χ4n) is 1.80. The first-order valence-electron chi connectivity index (χ1n) is 6.15. The van der Waals surface area contributed by atoms with Crippen LogP contribution in [0.25, 0.3) is 10.9 Å². The molecule has 0 unspecified atom stereocenters. The molecule has 106 valence electrons. The van der Waals surface area contributed by atoms with E-state index in [1.807, 2.05) is 18.2 Å². The van der Waals surface area contributed by atoms with E-state index in [1.165, 1.54) is 0 Å². The number of hydrogen-bond donors (Lipinski definition) is 1. The second kappa shape index (κ2) is 7.02. The number of carbonyl (C=O) groups is 1. The van der Waals surface area contributed by atoms with Crippen molar-refractivity contribution in [3.05, 3.63) is 39.5 Å². The third-order valence-corrected chi connectivity index (χ3v) is 3.57. The minimum atomic E-state index is -0.222. The maximum Gasteiger partial charge on any atom is 0.254 e. The summed E-state index contributed by atoms with van der Waals surface area (Å²) >= 11 is 9.47. The Morgan fingerprint density at radius 1 is 1.45 bits per heavy atom. The van der Waals surface area contributed by atoms with Gasteiger partial charge in [0.1, 0.15) is 5.15 Å². The summed E-state index contributed by atoms with van der Waals surface area (Å²) in [5.74, 6) is -0.222. The summed E-state index contributed by atoms with van der Waals surface area (Å²) in [5, 5.41) is 3.88. The number of carbonyl (C=O) groups excluding carboxylic acids is 1. The predicted molar refractivity (Wildman–Crippen MR) is 83.3 cm³/mol. The van der Waals surface area contributed by atoms with Crippen LogP contribution in [-0.4, -0.2) is 31.2 Å². The maximum atomic E-state index is 12.1. The first-order valence-corrected chi connectivity index (χ1v) is 7.32. The van der Waals surface area contributed by atoms with Gasteiger partial charge in [0.25, 0.3) is 5.91 Å². The first kappa shape index (κ1) is 15.2. The van der Waals surface area contributed by atoms with Gasteiger partial charge in [0, 0.05) is 30.1 Å². The zero-order valence-corrected chi connectivity index (χ0v) is 13.3. The normalized spacial score (nSPS) is 10.8. The van der Waals surface area contributed by atoms with Gasteiger partial charge in [-0.1, -0.05) is 27.5 Å². The highest BCUT2D eigenvalue weighted by molar-refractivity contribution is 9.10. The molecule has 0 spiro atoms. The summed E-state index contributed by atoms with van der Waals surface area (Å²) < 4.78 is 5.86. The second-order valence-electron chi connectivity index (χ2n) is 4.27. The van der Waals surface area contributed by atoms with Gasteiger partial charge in [0.2, 0.25) is 0 Å². The smallest absolute Gasteiger partial charge is 0.254 e. The molecule has 20 heavy (non-hydrogen) atoms. The van der Waals surface area contributed by atoms with Gasteiger partial charge in [-0.15, -0.1) is 0 Å². The number of fused-ring (bicyclic) bond motifs is 1. The van der Waals surface area contributed by atoms with Crippen LogP contribution in [-0.2, 0) is 4.74 Å². The fraction of sp³-hybridized carbons (Fsp3) is 0.286. The Balaban J connectivity index is 2.20. The average molecular weight is 358 g/mol. The number of nitrogens with one attached hydrogen (secondary N) is 1. The molecule has 0 fully saturated rings. The number of ether oxygens (including phenoxy) is 1. The molecule has 1 amide bonds. The van der Waals surface area contributed by atoms with Gasteiger partial charge in [0.05, 0.1) is 11.1 Å². The van der Waals surface area contributed by atoms with Crippen LogP contribution in [0.3, 0.4) is 0 Å². The minimum absolute atomic E-state index is 0.212. The van der Waals surface area contributed by atoms with Gasteiger partial charge in [-0.2, -0.15) is 0 Å². The number of halogens is 2. The summed E-state index contributed by atoms with van der Waals surface area (Å²) in [5.41, 5.74) is 1.14. The summed E-state index contributed by atoms with van der Waals surface area (Å²) in [6.45, 7) is 1.15. The zero-order chi connectivity index (χ0) is 14.5. The summed E-state index contributed by atoms with van der Waals surface area (Å²) in [7, 11) is 1.63. The van der Waals surface area contributed by atoms with Crippen LogP contribution in [0.1, 0.15) is 16.8 Å². The molecule has 0 atom stereocenters. The van der Waals surface area contributed by atoms with Gasteiger partial charge < -0.3 is 10.1 Å². The van der Waals surface area contributed by atoms with Crippen LogP contribution in [0.2, 0.25) is 5.15 Å². The lowest BCUT2D eigenvalue weighted by Crippen LogP contribution is -2.25. The summed E-state index contributed by atoms with van der Waals surface area (Å²) in [6.07, 6.45) is 0.756. The predicted octanol–water partition coefficient (Wildman–Crippen LogP) is 3.42. The summed E-state index contributed by atoms with van der Waals surface area (Å²) in [6, 6.07) is 7.39. The lowest BCUT2D eigenvalue weighted by atomic mass is 10.1. The molecule has 4 nitrogen and oxygen atoms in total. The van der Waals surface area contributed by atoms with Crippen LogP contribution in [0.15, 0.2) is 28.7 Å². The van der Waals surface area contributed by atoms with Crippen LogP contribution >= 0.6 is 27.5 Å².